The number of nitrogens with zero attached hydrogens (tertiary/aromatic N) is 1. The number of carbonyl (C=O) groups is 2. The molecule has 0 atom stereocenters. The second-order valence-corrected chi connectivity index (χ2v) is 7.27. The highest BCUT2D eigenvalue weighted by Crippen LogP contribution is 2.22. The molecule has 2 rings (SSSR count). The summed E-state index contributed by atoms with van der Waals surface area (Å²) < 4.78 is 13.7. The highest BCUT2D eigenvalue weighted by atomic mass is 127. The molecule has 25 heavy (non-hydrogen) atoms. The minimum Gasteiger partial charge on any atom is -0.332 e. The highest BCUT2D eigenvalue weighted by molar-refractivity contribution is 14.1. The number of benzene rings is 2. The van der Waals surface area contributed by atoms with Crippen molar-refractivity contribution in [3.8, 4) is 0 Å². The lowest BCUT2D eigenvalue weighted by Crippen LogP contribution is -2.35. The van der Waals surface area contributed by atoms with Gasteiger partial charge in [-0.05, 0) is 72.7 Å². The molecule has 2 aromatic carbocycles. The van der Waals surface area contributed by atoms with Gasteiger partial charge in [0.15, 0.2) is 0 Å². The van der Waals surface area contributed by atoms with Crippen molar-refractivity contribution in [3.63, 3.8) is 0 Å². The van der Waals surface area contributed by atoms with E-state index in [1.807, 2.05) is 55.5 Å². The van der Waals surface area contributed by atoms with Crippen molar-refractivity contribution in [2.75, 3.05) is 18.9 Å². The largest absolute Gasteiger partial charge is 0.332 e. The van der Waals surface area contributed by atoms with Gasteiger partial charge in [-0.15, -0.1) is 0 Å². The van der Waals surface area contributed by atoms with E-state index in [1.54, 1.807) is 7.05 Å². The van der Waals surface area contributed by atoms with Gasteiger partial charge in [0.25, 0.3) is 5.91 Å². The Hall–Kier alpha value is -1.96. The minimum absolute atomic E-state index is 0.0843. The summed E-state index contributed by atoms with van der Waals surface area (Å²) in [5.41, 5.74) is 4.24. The molecule has 0 aliphatic carbocycles. The van der Waals surface area contributed by atoms with Crippen molar-refractivity contribution in [3.05, 3.63) is 62.0 Å². The smallest absolute Gasteiger partial charge is 0.255 e. The number of anilines is 1. The monoisotopic (exact) mass is 454 g/mol. The third-order valence-electron chi connectivity index (χ3n) is 3.83. The van der Waals surface area contributed by atoms with Crippen molar-refractivity contribution in [1.82, 2.24) is 4.90 Å². The van der Waals surface area contributed by atoms with E-state index >= 15 is 0 Å². The molecule has 0 radical (unpaired) electrons. The van der Waals surface area contributed by atoms with E-state index in [2.05, 4.69) is 5.32 Å². The van der Waals surface area contributed by atoms with Crippen LogP contribution in [0.4, 0.5) is 10.1 Å². The maximum absolute atomic E-state index is 13.2. The zero-order valence-corrected chi connectivity index (χ0v) is 16.8. The molecule has 0 aliphatic rings. The van der Waals surface area contributed by atoms with Gasteiger partial charge in [0, 0.05) is 16.3 Å². The van der Waals surface area contributed by atoms with E-state index < -0.39 is 5.82 Å². The quantitative estimate of drug-likeness (QED) is 0.709. The van der Waals surface area contributed by atoms with Crippen LogP contribution in [0.3, 0.4) is 0 Å². The lowest BCUT2D eigenvalue weighted by Gasteiger charge is -2.19. The van der Waals surface area contributed by atoms with E-state index in [1.165, 1.54) is 23.1 Å². The molecule has 0 unspecified atom stereocenters. The average Bonchev–Trinajstić information content (AvgIpc) is 2.50. The Morgan fingerprint density at radius 2 is 1.72 bits per heavy atom. The topological polar surface area (TPSA) is 49.4 Å². The fourth-order valence-corrected chi connectivity index (χ4v) is 3.42. The van der Waals surface area contributed by atoms with Gasteiger partial charge in [-0.25, -0.2) is 4.39 Å². The van der Waals surface area contributed by atoms with Crippen molar-refractivity contribution in [1.29, 1.82) is 0 Å². The van der Waals surface area contributed by atoms with Crippen LogP contribution in [0.25, 0.3) is 0 Å². The molecule has 0 saturated heterocycles. The summed E-state index contributed by atoms with van der Waals surface area (Å²) >= 11 is 1.91. The lowest BCUT2D eigenvalue weighted by atomic mass is 10.1. The first kappa shape index (κ1) is 19.4. The van der Waals surface area contributed by atoms with Crippen molar-refractivity contribution < 1.29 is 14.0 Å². The Morgan fingerprint density at radius 3 is 2.28 bits per heavy atom. The van der Waals surface area contributed by atoms with E-state index in [0.717, 1.165) is 22.4 Å². The fraction of sp³-hybridized carbons (Fsp3) is 0.263. The molecule has 0 saturated carbocycles. The van der Waals surface area contributed by atoms with E-state index in [9.17, 15) is 14.0 Å². The van der Waals surface area contributed by atoms with Gasteiger partial charge in [0.05, 0.1) is 12.1 Å². The van der Waals surface area contributed by atoms with E-state index in [0.29, 0.717) is 9.13 Å². The first-order valence-electron chi connectivity index (χ1n) is 7.77. The summed E-state index contributed by atoms with van der Waals surface area (Å²) in [6.07, 6.45) is 0. The van der Waals surface area contributed by atoms with Crippen LogP contribution in [0.15, 0.2) is 30.3 Å². The van der Waals surface area contributed by atoms with Crippen LogP contribution in [0.2, 0.25) is 0 Å². The first-order chi connectivity index (χ1) is 11.7. The molecule has 0 aromatic heterocycles. The molecule has 132 valence electrons. The number of amides is 2. The molecule has 0 aliphatic heterocycles. The second-order valence-electron chi connectivity index (χ2n) is 6.11. The molecule has 0 spiro atoms. The number of aryl methyl sites for hydroxylation is 3. The van der Waals surface area contributed by atoms with Gasteiger partial charge in [-0.3, -0.25) is 9.59 Å². The number of rotatable bonds is 4. The van der Waals surface area contributed by atoms with Crippen molar-refractivity contribution in [2.45, 2.75) is 20.8 Å². The molecule has 4 nitrogen and oxygen atoms in total. The summed E-state index contributed by atoms with van der Waals surface area (Å²) in [4.78, 5) is 26.1. The lowest BCUT2D eigenvalue weighted by molar-refractivity contribution is -0.116. The van der Waals surface area contributed by atoms with Gasteiger partial charge < -0.3 is 10.2 Å². The molecule has 0 fully saturated rings. The summed E-state index contributed by atoms with van der Waals surface area (Å²) in [7, 11) is 1.55. The van der Waals surface area contributed by atoms with Crippen molar-refractivity contribution >= 4 is 40.1 Å². The normalized spacial score (nSPS) is 10.5. The van der Waals surface area contributed by atoms with Gasteiger partial charge >= 0.3 is 0 Å². The SMILES string of the molecule is Cc1cc(C)c(NC(=O)CN(C)C(=O)c2ccc(F)cc2I)c(C)c1. The number of likely N-dealkylation sites (N-methyl/N-ethyl adjacent to an activating group) is 1. The molecule has 0 bridgehead atoms. The number of nitrogens with one attached hydrogen (secondary N) is 1. The fourth-order valence-electron chi connectivity index (χ4n) is 2.71. The Morgan fingerprint density at radius 1 is 1.12 bits per heavy atom. The van der Waals surface area contributed by atoms with Crippen LogP contribution in [0.1, 0.15) is 27.0 Å². The second kappa shape index (κ2) is 7.95. The third-order valence-corrected chi connectivity index (χ3v) is 4.72. The molecule has 0 heterocycles. The summed E-state index contributed by atoms with van der Waals surface area (Å²) in [5, 5.41) is 2.87. The molecule has 2 aromatic rings. The molecular formula is C19H20FIN2O2. The zero-order chi connectivity index (χ0) is 18.7. The summed E-state index contributed by atoms with van der Waals surface area (Å²) in [5.74, 6) is -0.994. The maximum atomic E-state index is 13.2. The van der Waals surface area contributed by atoms with Gasteiger partial charge in [-0.1, -0.05) is 17.7 Å². The summed E-state index contributed by atoms with van der Waals surface area (Å²) in [6, 6.07) is 7.96. The molecule has 1 N–H and O–H groups in total. The standard InChI is InChI=1S/C19H20FIN2O2/c1-11-7-12(2)18(13(3)8-11)22-17(24)10-23(4)19(25)15-6-5-14(20)9-16(15)21/h5-9H,10H2,1-4H3,(H,22,24). The Bertz CT molecular complexity index is 813. The molecule has 2 amide bonds. The number of carbonyl (C=O) groups excluding carboxylic acids is 2. The van der Waals surface area contributed by atoms with Crippen LogP contribution in [-0.2, 0) is 4.79 Å². The van der Waals surface area contributed by atoms with Gasteiger partial charge in [-0.2, -0.15) is 0 Å². The zero-order valence-electron chi connectivity index (χ0n) is 14.6. The molecular weight excluding hydrogens is 434 g/mol. The predicted molar refractivity (Wildman–Crippen MR) is 105 cm³/mol. The van der Waals surface area contributed by atoms with Gasteiger partial charge in [0.1, 0.15) is 5.82 Å². The Labute approximate surface area is 160 Å². The van der Waals surface area contributed by atoms with Crippen LogP contribution < -0.4 is 5.32 Å². The molecule has 6 heteroatoms. The van der Waals surface area contributed by atoms with Crippen LogP contribution in [0.5, 0.6) is 0 Å². The summed E-state index contributed by atoms with van der Waals surface area (Å²) in [6.45, 7) is 5.79. The average molecular weight is 454 g/mol. The Kier molecular flexibility index (Phi) is 6.16. The van der Waals surface area contributed by atoms with Crippen LogP contribution in [-0.4, -0.2) is 30.3 Å². The van der Waals surface area contributed by atoms with E-state index in [-0.39, 0.29) is 18.4 Å². The predicted octanol–water partition coefficient (Wildman–Crippen LogP) is 4.07. The number of halogens is 2. The Balaban J connectivity index is 2.09. The number of hydrogen-bond donors (Lipinski definition) is 1. The van der Waals surface area contributed by atoms with Crippen molar-refractivity contribution in [2.24, 2.45) is 0 Å². The first-order valence-corrected chi connectivity index (χ1v) is 8.85. The van der Waals surface area contributed by atoms with Crippen LogP contribution >= 0.6 is 22.6 Å². The minimum atomic E-state index is -0.397. The van der Waals surface area contributed by atoms with Crippen LogP contribution in [0, 0.1) is 30.2 Å². The maximum Gasteiger partial charge on any atom is 0.255 e. The third kappa shape index (κ3) is 4.78. The number of hydrogen-bond acceptors (Lipinski definition) is 2. The van der Waals surface area contributed by atoms with Gasteiger partial charge in [0.2, 0.25) is 5.91 Å². The highest BCUT2D eigenvalue weighted by Gasteiger charge is 2.18. The van der Waals surface area contributed by atoms with E-state index in [4.69, 9.17) is 0 Å².